The van der Waals surface area contributed by atoms with Gasteiger partial charge in [0.2, 0.25) is 0 Å². The molecule has 0 aliphatic heterocycles. The Morgan fingerprint density at radius 2 is 1.85 bits per heavy atom. The number of amides is 2. The minimum absolute atomic E-state index is 0.0748. The lowest BCUT2D eigenvalue weighted by Crippen LogP contribution is -2.41. The number of benzene rings is 2. The Balaban J connectivity index is 1.94. The van der Waals surface area contributed by atoms with E-state index in [1.54, 1.807) is 24.3 Å². The van der Waals surface area contributed by atoms with Crippen LogP contribution in [0.5, 0.6) is 5.75 Å². The van der Waals surface area contributed by atoms with Crippen molar-refractivity contribution in [2.45, 2.75) is 32.9 Å². The molecule has 142 valence electrons. The second kappa shape index (κ2) is 10.3. The number of rotatable bonds is 7. The summed E-state index contributed by atoms with van der Waals surface area (Å²) < 4.78 is 5.81. The number of hydrogen-bond acceptors (Lipinski definition) is 4. The van der Waals surface area contributed by atoms with Crippen LogP contribution in [0.25, 0.3) is 0 Å². The number of halogens is 1. The SMILES string of the molecule is CC[C@@H](C)NC(=O)C(=O)N/N=C\c1ccccc1OCc1ccc(Cl)cc1. The summed E-state index contributed by atoms with van der Waals surface area (Å²) in [5, 5.41) is 7.08. The fraction of sp³-hybridized carbons (Fsp3) is 0.250. The second-order valence-electron chi connectivity index (χ2n) is 5.93. The van der Waals surface area contributed by atoms with Crippen LogP contribution in [0, 0.1) is 0 Å². The van der Waals surface area contributed by atoms with E-state index in [0.29, 0.717) is 22.9 Å². The summed E-state index contributed by atoms with van der Waals surface area (Å²) in [5.74, 6) is -0.922. The highest BCUT2D eigenvalue weighted by Crippen LogP contribution is 2.18. The molecule has 2 aromatic carbocycles. The summed E-state index contributed by atoms with van der Waals surface area (Å²) >= 11 is 5.87. The Kier molecular flexibility index (Phi) is 7.82. The van der Waals surface area contributed by atoms with Gasteiger partial charge in [-0.25, -0.2) is 5.43 Å². The predicted octanol–water partition coefficient (Wildman–Crippen LogP) is 3.28. The second-order valence-corrected chi connectivity index (χ2v) is 6.37. The van der Waals surface area contributed by atoms with Crippen molar-refractivity contribution in [1.29, 1.82) is 0 Å². The summed E-state index contributed by atoms with van der Waals surface area (Å²) in [7, 11) is 0. The normalized spacial score (nSPS) is 11.8. The molecule has 2 N–H and O–H groups in total. The molecule has 0 fully saturated rings. The van der Waals surface area contributed by atoms with Crippen LogP contribution in [0.1, 0.15) is 31.4 Å². The maximum Gasteiger partial charge on any atom is 0.329 e. The molecule has 0 spiro atoms. The van der Waals surface area contributed by atoms with Gasteiger partial charge in [-0.15, -0.1) is 0 Å². The highest BCUT2D eigenvalue weighted by molar-refractivity contribution is 6.35. The van der Waals surface area contributed by atoms with E-state index in [1.807, 2.05) is 38.1 Å². The van der Waals surface area contributed by atoms with Gasteiger partial charge in [-0.2, -0.15) is 5.10 Å². The minimum atomic E-state index is -0.814. The van der Waals surface area contributed by atoms with Crippen LogP contribution in [0.3, 0.4) is 0 Å². The minimum Gasteiger partial charge on any atom is -0.488 e. The van der Waals surface area contributed by atoms with E-state index in [-0.39, 0.29) is 6.04 Å². The van der Waals surface area contributed by atoms with E-state index < -0.39 is 11.8 Å². The van der Waals surface area contributed by atoms with Gasteiger partial charge in [0, 0.05) is 16.6 Å². The Morgan fingerprint density at radius 1 is 1.15 bits per heavy atom. The molecular weight excluding hydrogens is 366 g/mol. The zero-order valence-corrected chi connectivity index (χ0v) is 16.0. The largest absolute Gasteiger partial charge is 0.488 e. The molecule has 0 bridgehead atoms. The number of nitrogens with zero attached hydrogens (tertiary/aromatic N) is 1. The number of ether oxygens (including phenoxy) is 1. The van der Waals surface area contributed by atoms with E-state index in [2.05, 4.69) is 15.8 Å². The zero-order valence-electron chi connectivity index (χ0n) is 15.2. The Morgan fingerprint density at radius 3 is 2.56 bits per heavy atom. The molecule has 1 atom stereocenters. The van der Waals surface area contributed by atoms with Crippen molar-refractivity contribution in [2.24, 2.45) is 5.10 Å². The summed E-state index contributed by atoms with van der Waals surface area (Å²) in [6, 6.07) is 14.6. The number of para-hydroxylation sites is 1. The third-order valence-electron chi connectivity index (χ3n) is 3.79. The molecule has 0 heterocycles. The maximum atomic E-state index is 11.7. The molecular formula is C20H22ClN3O3. The van der Waals surface area contributed by atoms with Gasteiger partial charge in [-0.3, -0.25) is 9.59 Å². The highest BCUT2D eigenvalue weighted by atomic mass is 35.5. The predicted molar refractivity (Wildman–Crippen MR) is 106 cm³/mol. The van der Waals surface area contributed by atoms with Gasteiger partial charge in [-0.1, -0.05) is 42.8 Å². The van der Waals surface area contributed by atoms with E-state index in [0.717, 1.165) is 12.0 Å². The van der Waals surface area contributed by atoms with Crippen molar-refractivity contribution in [3.8, 4) is 5.75 Å². The topological polar surface area (TPSA) is 79.8 Å². The molecule has 0 aliphatic rings. The summed E-state index contributed by atoms with van der Waals surface area (Å²) in [6.07, 6.45) is 2.17. The summed E-state index contributed by atoms with van der Waals surface area (Å²) in [6.45, 7) is 4.11. The molecule has 0 radical (unpaired) electrons. The van der Waals surface area contributed by atoms with E-state index >= 15 is 0 Å². The summed E-state index contributed by atoms with van der Waals surface area (Å²) in [4.78, 5) is 23.4. The van der Waals surface area contributed by atoms with Crippen LogP contribution in [0.4, 0.5) is 0 Å². The Hall–Kier alpha value is -2.86. The first-order valence-electron chi connectivity index (χ1n) is 8.59. The van der Waals surface area contributed by atoms with Crippen molar-refractivity contribution in [1.82, 2.24) is 10.7 Å². The summed E-state index contributed by atoms with van der Waals surface area (Å²) in [5.41, 5.74) is 3.86. The van der Waals surface area contributed by atoms with Crippen LogP contribution in [0.2, 0.25) is 5.02 Å². The van der Waals surface area contributed by atoms with Gasteiger partial charge >= 0.3 is 11.8 Å². The standard InChI is InChI=1S/C20H22ClN3O3/c1-3-14(2)23-19(25)20(26)24-22-12-16-6-4-5-7-18(16)27-13-15-8-10-17(21)11-9-15/h4-12,14H,3,13H2,1-2H3,(H,23,25)(H,24,26)/b22-12-/t14-/m1/s1. The molecule has 0 unspecified atom stereocenters. The van der Waals surface area contributed by atoms with E-state index in [1.165, 1.54) is 6.21 Å². The number of carbonyl (C=O) groups is 2. The van der Waals surface area contributed by atoms with Gasteiger partial charge in [-0.05, 0) is 43.2 Å². The number of hydrogen-bond donors (Lipinski definition) is 2. The van der Waals surface area contributed by atoms with Crippen LogP contribution in [-0.4, -0.2) is 24.1 Å². The van der Waals surface area contributed by atoms with E-state index in [4.69, 9.17) is 16.3 Å². The average molecular weight is 388 g/mol. The number of nitrogens with one attached hydrogen (secondary N) is 2. The molecule has 2 amide bonds. The molecule has 6 nitrogen and oxygen atoms in total. The van der Waals surface area contributed by atoms with E-state index in [9.17, 15) is 9.59 Å². The van der Waals surface area contributed by atoms with Crippen LogP contribution in [0.15, 0.2) is 53.6 Å². The number of carbonyl (C=O) groups excluding carboxylic acids is 2. The third kappa shape index (κ3) is 6.75. The van der Waals surface area contributed by atoms with Gasteiger partial charge in [0.1, 0.15) is 12.4 Å². The Bertz CT molecular complexity index is 806. The van der Waals surface area contributed by atoms with Crippen LogP contribution >= 0.6 is 11.6 Å². The lowest BCUT2D eigenvalue weighted by molar-refractivity contribution is -0.139. The molecule has 0 aromatic heterocycles. The van der Waals surface area contributed by atoms with Crippen LogP contribution in [-0.2, 0) is 16.2 Å². The maximum absolute atomic E-state index is 11.7. The fourth-order valence-corrected chi connectivity index (χ4v) is 2.19. The molecule has 0 saturated heterocycles. The van der Waals surface area contributed by atoms with Crippen molar-refractivity contribution < 1.29 is 14.3 Å². The van der Waals surface area contributed by atoms with Gasteiger partial charge < -0.3 is 10.1 Å². The molecule has 7 heteroatoms. The quantitative estimate of drug-likeness (QED) is 0.434. The van der Waals surface area contributed by atoms with Gasteiger partial charge in [0.05, 0.1) is 6.21 Å². The van der Waals surface area contributed by atoms with Gasteiger partial charge in [0.25, 0.3) is 0 Å². The molecule has 0 aliphatic carbocycles. The van der Waals surface area contributed by atoms with Crippen molar-refractivity contribution >= 4 is 29.6 Å². The molecule has 2 rings (SSSR count). The first-order valence-corrected chi connectivity index (χ1v) is 8.97. The van der Waals surface area contributed by atoms with Crippen molar-refractivity contribution in [2.75, 3.05) is 0 Å². The fourth-order valence-electron chi connectivity index (χ4n) is 2.06. The lowest BCUT2D eigenvalue weighted by Gasteiger charge is -2.10. The first kappa shape index (κ1) is 20.5. The molecule has 2 aromatic rings. The molecule has 0 saturated carbocycles. The Labute approximate surface area is 163 Å². The average Bonchev–Trinajstić information content (AvgIpc) is 2.68. The third-order valence-corrected chi connectivity index (χ3v) is 4.04. The first-order chi connectivity index (χ1) is 13.0. The van der Waals surface area contributed by atoms with Crippen molar-refractivity contribution in [3.63, 3.8) is 0 Å². The van der Waals surface area contributed by atoms with Gasteiger partial charge in [0.15, 0.2) is 0 Å². The van der Waals surface area contributed by atoms with Crippen LogP contribution < -0.4 is 15.5 Å². The monoisotopic (exact) mass is 387 g/mol. The van der Waals surface area contributed by atoms with Crippen molar-refractivity contribution in [3.05, 3.63) is 64.7 Å². The zero-order chi connectivity index (χ0) is 19.6. The lowest BCUT2D eigenvalue weighted by atomic mass is 10.2. The molecule has 27 heavy (non-hydrogen) atoms. The number of hydrazone groups is 1. The smallest absolute Gasteiger partial charge is 0.329 e. The highest BCUT2D eigenvalue weighted by Gasteiger charge is 2.14.